The minimum absolute atomic E-state index is 0.0240. The molecule has 9 heteroatoms. The van der Waals surface area contributed by atoms with Crippen molar-refractivity contribution in [1.82, 2.24) is 0 Å². The third-order valence-corrected chi connectivity index (χ3v) is 5.47. The summed E-state index contributed by atoms with van der Waals surface area (Å²) in [5.41, 5.74) is 0.866. The number of anilines is 2. The minimum Gasteiger partial charge on any atom is -0.495 e. The molecule has 2 aromatic rings. The van der Waals surface area contributed by atoms with Crippen molar-refractivity contribution in [3.63, 3.8) is 0 Å². The van der Waals surface area contributed by atoms with Crippen LogP contribution in [0.4, 0.5) is 11.4 Å². The van der Waals surface area contributed by atoms with Crippen molar-refractivity contribution in [2.24, 2.45) is 0 Å². The van der Waals surface area contributed by atoms with E-state index in [-0.39, 0.29) is 23.1 Å². The van der Waals surface area contributed by atoms with Crippen molar-refractivity contribution in [2.45, 2.75) is 4.90 Å². The number of halogens is 1. The Kier molecular flexibility index (Phi) is 5.36. The molecule has 0 atom stereocenters. The number of methoxy groups -OCH3 is 1. The van der Waals surface area contributed by atoms with E-state index in [2.05, 4.69) is 4.72 Å². The fourth-order valence-corrected chi connectivity index (χ4v) is 3.79. The van der Waals surface area contributed by atoms with Crippen LogP contribution in [0.2, 0.25) is 5.02 Å². The standard InChI is InChI=1S/C17H17ClN2O5S/c1-24-16-7-2-12(18)10-15(16)19-26(22,23)14-5-3-13(4-6-14)20-8-9-25-11-17(20)21/h2-7,10,19H,8-9,11H2,1H3. The predicted octanol–water partition coefficient (Wildman–Crippen LogP) is 2.51. The first-order valence-electron chi connectivity index (χ1n) is 7.75. The summed E-state index contributed by atoms with van der Waals surface area (Å²) in [7, 11) is -2.40. The fourth-order valence-electron chi connectivity index (χ4n) is 2.56. The van der Waals surface area contributed by atoms with Crippen molar-refractivity contribution in [2.75, 3.05) is 36.5 Å². The SMILES string of the molecule is COc1ccc(Cl)cc1NS(=O)(=O)c1ccc(N2CCOCC2=O)cc1. The number of nitrogens with zero attached hydrogens (tertiary/aromatic N) is 1. The van der Waals surface area contributed by atoms with Gasteiger partial charge in [0.1, 0.15) is 12.4 Å². The van der Waals surface area contributed by atoms with E-state index in [9.17, 15) is 13.2 Å². The summed E-state index contributed by atoms with van der Waals surface area (Å²) in [6.45, 7) is 0.904. The summed E-state index contributed by atoms with van der Waals surface area (Å²) >= 11 is 5.93. The number of hydrogen-bond donors (Lipinski definition) is 1. The van der Waals surface area contributed by atoms with Crippen molar-refractivity contribution >= 4 is 38.9 Å². The second kappa shape index (κ2) is 7.53. The molecule has 0 unspecified atom stereocenters. The molecule has 0 aliphatic carbocycles. The summed E-state index contributed by atoms with van der Waals surface area (Å²) in [5, 5.41) is 0.379. The van der Waals surface area contributed by atoms with Crippen LogP contribution in [0, 0.1) is 0 Å². The maximum absolute atomic E-state index is 12.6. The molecular formula is C17H17ClN2O5S. The maximum atomic E-state index is 12.6. The van der Waals surface area contributed by atoms with E-state index in [4.69, 9.17) is 21.1 Å². The van der Waals surface area contributed by atoms with Crippen molar-refractivity contribution < 1.29 is 22.7 Å². The summed E-state index contributed by atoms with van der Waals surface area (Å²) in [6.07, 6.45) is 0. The molecule has 0 aromatic heterocycles. The largest absolute Gasteiger partial charge is 0.495 e. The summed E-state index contributed by atoms with van der Waals surface area (Å²) < 4.78 is 38.0. The van der Waals surface area contributed by atoms with Crippen LogP contribution in [-0.2, 0) is 19.6 Å². The van der Waals surface area contributed by atoms with Crippen LogP contribution in [0.25, 0.3) is 0 Å². The Bertz CT molecular complexity index is 915. The Morgan fingerprint density at radius 3 is 2.58 bits per heavy atom. The number of rotatable bonds is 5. The van der Waals surface area contributed by atoms with Gasteiger partial charge in [-0.3, -0.25) is 9.52 Å². The molecule has 1 saturated heterocycles. The van der Waals surface area contributed by atoms with E-state index in [1.807, 2.05) is 0 Å². The topological polar surface area (TPSA) is 84.9 Å². The summed E-state index contributed by atoms with van der Waals surface area (Å²) in [4.78, 5) is 13.5. The van der Waals surface area contributed by atoms with Gasteiger partial charge in [0.25, 0.3) is 15.9 Å². The lowest BCUT2D eigenvalue weighted by molar-refractivity contribution is -0.125. The van der Waals surface area contributed by atoms with E-state index in [1.165, 1.54) is 25.3 Å². The number of benzene rings is 2. The van der Waals surface area contributed by atoms with E-state index in [0.29, 0.717) is 29.6 Å². The van der Waals surface area contributed by atoms with Gasteiger partial charge in [-0.2, -0.15) is 0 Å². The highest BCUT2D eigenvalue weighted by atomic mass is 35.5. The molecule has 3 rings (SSSR count). The van der Waals surface area contributed by atoms with E-state index >= 15 is 0 Å². The molecular weight excluding hydrogens is 380 g/mol. The third-order valence-electron chi connectivity index (χ3n) is 3.85. The third kappa shape index (κ3) is 3.92. The van der Waals surface area contributed by atoms with Gasteiger partial charge in [0.05, 0.1) is 24.3 Å². The lowest BCUT2D eigenvalue weighted by Crippen LogP contribution is -2.41. The second-order valence-corrected chi connectivity index (χ2v) is 7.66. The molecule has 0 saturated carbocycles. The van der Waals surface area contributed by atoms with E-state index in [1.54, 1.807) is 29.2 Å². The molecule has 26 heavy (non-hydrogen) atoms. The van der Waals surface area contributed by atoms with Gasteiger partial charge in [-0.15, -0.1) is 0 Å². The van der Waals surface area contributed by atoms with Crippen LogP contribution in [0.1, 0.15) is 0 Å². The zero-order valence-electron chi connectivity index (χ0n) is 13.9. The molecule has 0 bridgehead atoms. The highest BCUT2D eigenvalue weighted by Crippen LogP contribution is 2.30. The molecule has 1 N–H and O–H groups in total. The molecule has 1 aliphatic heterocycles. The summed E-state index contributed by atoms with van der Waals surface area (Å²) in [5.74, 6) is 0.196. The zero-order valence-corrected chi connectivity index (χ0v) is 15.5. The second-order valence-electron chi connectivity index (χ2n) is 5.54. The first kappa shape index (κ1) is 18.5. The highest BCUT2D eigenvalue weighted by Gasteiger charge is 2.22. The van der Waals surface area contributed by atoms with Crippen LogP contribution in [0.5, 0.6) is 5.75 Å². The van der Waals surface area contributed by atoms with Crippen LogP contribution in [-0.4, -0.2) is 41.2 Å². The van der Waals surface area contributed by atoms with E-state index < -0.39 is 10.0 Å². The molecule has 0 radical (unpaired) electrons. The Morgan fingerprint density at radius 1 is 1.19 bits per heavy atom. The molecule has 138 valence electrons. The van der Waals surface area contributed by atoms with Crippen LogP contribution >= 0.6 is 11.6 Å². The molecule has 1 amide bonds. The van der Waals surface area contributed by atoms with Crippen molar-refractivity contribution in [3.05, 3.63) is 47.5 Å². The smallest absolute Gasteiger partial charge is 0.262 e. The predicted molar refractivity (Wildman–Crippen MR) is 98.4 cm³/mol. The number of nitrogens with one attached hydrogen (secondary N) is 1. The zero-order chi connectivity index (χ0) is 18.7. The molecule has 2 aromatic carbocycles. The number of carbonyl (C=O) groups excluding carboxylic acids is 1. The Hall–Kier alpha value is -2.29. The van der Waals surface area contributed by atoms with Crippen molar-refractivity contribution in [1.29, 1.82) is 0 Å². The lowest BCUT2D eigenvalue weighted by atomic mass is 10.2. The quantitative estimate of drug-likeness (QED) is 0.839. The van der Waals surface area contributed by atoms with Gasteiger partial charge < -0.3 is 14.4 Å². The van der Waals surface area contributed by atoms with Crippen LogP contribution in [0.3, 0.4) is 0 Å². The number of amides is 1. The van der Waals surface area contributed by atoms with Gasteiger partial charge in [-0.1, -0.05) is 11.6 Å². The van der Waals surface area contributed by atoms with Crippen molar-refractivity contribution in [3.8, 4) is 5.75 Å². The highest BCUT2D eigenvalue weighted by molar-refractivity contribution is 7.92. The average Bonchev–Trinajstić information content (AvgIpc) is 2.62. The first-order valence-corrected chi connectivity index (χ1v) is 9.61. The fraction of sp³-hybridized carbons (Fsp3) is 0.235. The molecule has 1 aliphatic rings. The van der Waals surface area contributed by atoms with Gasteiger partial charge in [0.2, 0.25) is 0 Å². The van der Waals surface area contributed by atoms with Gasteiger partial charge >= 0.3 is 0 Å². The first-order chi connectivity index (χ1) is 12.4. The molecule has 7 nitrogen and oxygen atoms in total. The Morgan fingerprint density at radius 2 is 1.92 bits per heavy atom. The van der Waals surface area contributed by atoms with E-state index in [0.717, 1.165) is 0 Å². The maximum Gasteiger partial charge on any atom is 0.262 e. The van der Waals surface area contributed by atoms with Gasteiger partial charge in [-0.05, 0) is 42.5 Å². The number of hydrogen-bond acceptors (Lipinski definition) is 5. The Balaban J connectivity index is 1.84. The lowest BCUT2D eigenvalue weighted by Gasteiger charge is -2.26. The van der Waals surface area contributed by atoms with Gasteiger partial charge in [0.15, 0.2) is 0 Å². The normalized spacial score (nSPS) is 15.0. The average molecular weight is 397 g/mol. The monoisotopic (exact) mass is 396 g/mol. The number of ether oxygens (including phenoxy) is 2. The molecule has 1 heterocycles. The van der Waals surface area contributed by atoms with Crippen LogP contribution < -0.4 is 14.4 Å². The van der Waals surface area contributed by atoms with Crippen LogP contribution in [0.15, 0.2) is 47.4 Å². The molecule has 0 spiro atoms. The number of morpholine rings is 1. The Labute approximate surface area is 156 Å². The van der Waals surface area contributed by atoms with Gasteiger partial charge in [0, 0.05) is 17.3 Å². The summed E-state index contributed by atoms with van der Waals surface area (Å²) in [6, 6.07) is 10.7. The molecule has 1 fully saturated rings. The number of carbonyl (C=O) groups is 1. The number of sulfonamides is 1. The van der Waals surface area contributed by atoms with Gasteiger partial charge in [-0.25, -0.2) is 8.42 Å². The minimum atomic E-state index is -3.84.